The number of ether oxygens (including phenoxy) is 1. The summed E-state index contributed by atoms with van der Waals surface area (Å²) in [5, 5.41) is 2.84. The number of hydrogen-bond acceptors (Lipinski definition) is 4. The van der Waals surface area contributed by atoms with Crippen molar-refractivity contribution in [3.8, 4) is 5.88 Å². The average Bonchev–Trinajstić information content (AvgIpc) is 2.56. The summed E-state index contributed by atoms with van der Waals surface area (Å²) in [6.45, 7) is 7.82. The summed E-state index contributed by atoms with van der Waals surface area (Å²) < 4.78 is 5.75. The highest BCUT2D eigenvalue weighted by Crippen LogP contribution is 2.23. The van der Waals surface area contributed by atoms with Crippen molar-refractivity contribution < 1.29 is 9.53 Å². The SMILES string of the molecule is Cc1cc2nc(OC(C)C)c(C(=O)Nc3ccccc3)nc2cc1C. The third-order valence-electron chi connectivity index (χ3n) is 3.84. The van der Waals surface area contributed by atoms with Gasteiger partial charge in [-0.15, -0.1) is 0 Å². The second kappa shape index (κ2) is 6.89. The highest BCUT2D eigenvalue weighted by molar-refractivity contribution is 6.05. The smallest absolute Gasteiger partial charge is 0.279 e. The molecule has 0 saturated carbocycles. The number of hydrogen-bond donors (Lipinski definition) is 1. The Balaban J connectivity index is 2.07. The number of carbonyl (C=O) groups excluding carboxylic acids is 1. The van der Waals surface area contributed by atoms with Gasteiger partial charge in [0, 0.05) is 5.69 Å². The molecule has 1 amide bonds. The van der Waals surface area contributed by atoms with Crippen molar-refractivity contribution in [2.24, 2.45) is 0 Å². The van der Waals surface area contributed by atoms with E-state index in [0.29, 0.717) is 11.2 Å². The number of para-hydroxylation sites is 1. The van der Waals surface area contributed by atoms with Gasteiger partial charge in [0.15, 0.2) is 5.69 Å². The Morgan fingerprint density at radius 1 is 1.00 bits per heavy atom. The lowest BCUT2D eigenvalue weighted by atomic mass is 10.1. The predicted molar refractivity (Wildman–Crippen MR) is 99.2 cm³/mol. The Morgan fingerprint density at radius 2 is 1.60 bits per heavy atom. The molecule has 0 aliphatic carbocycles. The molecule has 1 N–H and O–H groups in total. The van der Waals surface area contributed by atoms with Crippen LogP contribution in [0.5, 0.6) is 5.88 Å². The van der Waals surface area contributed by atoms with Crippen LogP contribution in [0.3, 0.4) is 0 Å². The number of carbonyl (C=O) groups is 1. The molecule has 1 heterocycles. The van der Waals surface area contributed by atoms with E-state index in [2.05, 4.69) is 15.3 Å². The minimum Gasteiger partial charge on any atom is -0.473 e. The number of rotatable bonds is 4. The van der Waals surface area contributed by atoms with Crippen LogP contribution in [0.25, 0.3) is 11.0 Å². The maximum atomic E-state index is 12.7. The molecule has 0 spiro atoms. The summed E-state index contributed by atoms with van der Waals surface area (Å²) in [6, 6.07) is 13.2. The van der Waals surface area contributed by atoms with Crippen molar-refractivity contribution in [1.29, 1.82) is 0 Å². The molecule has 0 aliphatic rings. The predicted octanol–water partition coefficient (Wildman–Crippen LogP) is 4.29. The largest absolute Gasteiger partial charge is 0.473 e. The molecule has 25 heavy (non-hydrogen) atoms. The molecular formula is C20H21N3O2. The quantitative estimate of drug-likeness (QED) is 0.772. The van der Waals surface area contributed by atoms with Gasteiger partial charge in [0.2, 0.25) is 5.88 Å². The molecule has 2 aromatic carbocycles. The third kappa shape index (κ3) is 3.76. The van der Waals surface area contributed by atoms with Crippen LogP contribution in [0.2, 0.25) is 0 Å². The van der Waals surface area contributed by atoms with Crippen molar-refractivity contribution in [3.63, 3.8) is 0 Å². The highest BCUT2D eigenvalue weighted by Gasteiger charge is 2.19. The number of amides is 1. The van der Waals surface area contributed by atoms with E-state index in [1.807, 2.05) is 70.2 Å². The molecule has 5 nitrogen and oxygen atoms in total. The zero-order valence-electron chi connectivity index (χ0n) is 14.8. The van der Waals surface area contributed by atoms with Gasteiger partial charge in [-0.25, -0.2) is 9.97 Å². The lowest BCUT2D eigenvalue weighted by molar-refractivity contribution is 0.101. The maximum absolute atomic E-state index is 12.7. The van der Waals surface area contributed by atoms with Crippen LogP contribution in [0, 0.1) is 13.8 Å². The number of aromatic nitrogens is 2. The van der Waals surface area contributed by atoms with Crippen molar-refractivity contribution in [2.75, 3.05) is 5.32 Å². The molecule has 0 bridgehead atoms. The van der Waals surface area contributed by atoms with Gasteiger partial charge in [-0.3, -0.25) is 4.79 Å². The molecular weight excluding hydrogens is 314 g/mol. The number of benzene rings is 2. The molecule has 0 radical (unpaired) electrons. The van der Waals surface area contributed by atoms with Crippen LogP contribution < -0.4 is 10.1 Å². The second-order valence-corrected chi connectivity index (χ2v) is 6.29. The molecule has 3 rings (SSSR count). The Bertz CT molecular complexity index is 921. The second-order valence-electron chi connectivity index (χ2n) is 6.29. The van der Waals surface area contributed by atoms with E-state index in [0.717, 1.165) is 16.6 Å². The molecule has 0 atom stereocenters. The number of aryl methyl sites for hydroxylation is 2. The molecule has 0 fully saturated rings. The van der Waals surface area contributed by atoms with Crippen LogP contribution in [0.15, 0.2) is 42.5 Å². The highest BCUT2D eigenvalue weighted by atomic mass is 16.5. The van der Waals surface area contributed by atoms with Crippen molar-refractivity contribution in [2.45, 2.75) is 33.8 Å². The van der Waals surface area contributed by atoms with Crippen LogP contribution in [-0.4, -0.2) is 22.0 Å². The van der Waals surface area contributed by atoms with E-state index in [4.69, 9.17) is 4.74 Å². The fourth-order valence-electron chi connectivity index (χ4n) is 2.46. The molecule has 0 unspecified atom stereocenters. The molecule has 0 aliphatic heterocycles. The molecule has 5 heteroatoms. The summed E-state index contributed by atoms with van der Waals surface area (Å²) in [4.78, 5) is 21.8. The first-order chi connectivity index (χ1) is 11.9. The molecule has 0 saturated heterocycles. The Morgan fingerprint density at radius 3 is 2.20 bits per heavy atom. The lowest BCUT2D eigenvalue weighted by Crippen LogP contribution is -2.18. The van der Waals surface area contributed by atoms with Gasteiger partial charge in [-0.2, -0.15) is 0 Å². The van der Waals surface area contributed by atoms with Crippen LogP contribution in [-0.2, 0) is 0 Å². The van der Waals surface area contributed by atoms with Gasteiger partial charge in [-0.1, -0.05) is 18.2 Å². The first-order valence-corrected chi connectivity index (χ1v) is 8.26. The van der Waals surface area contributed by atoms with Gasteiger partial charge in [0.25, 0.3) is 5.91 Å². The summed E-state index contributed by atoms with van der Waals surface area (Å²) in [5.74, 6) is -0.0892. The Kier molecular flexibility index (Phi) is 4.65. The monoisotopic (exact) mass is 335 g/mol. The van der Waals surface area contributed by atoms with Gasteiger partial charge < -0.3 is 10.1 Å². The fraction of sp³-hybridized carbons (Fsp3) is 0.250. The summed E-state index contributed by atoms with van der Waals surface area (Å²) >= 11 is 0. The Labute approximate surface area is 147 Å². The third-order valence-corrected chi connectivity index (χ3v) is 3.84. The Hall–Kier alpha value is -2.95. The van der Waals surface area contributed by atoms with Gasteiger partial charge >= 0.3 is 0 Å². The standard InChI is InChI=1S/C20H21N3O2/c1-12(2)25-20-18(19(24)21-15-8-6-5-7-9-15)22-16-10-13(3)14(4)11-17(16)23-20/h5-12H,1-4H3,(H,21,24). The van der Waals surface area contributed by atoms with E-state index in [1.54, 1.807) is 0 Å². The van der Waals surface area contributed by atoms with E-state index < -0.39 is 0 Å². The van der Waals surface area contributed by atoms with Crippen LogP contribution >= 0.6 is 0 Å². The minimum absolute atomic E-state index is 0.110. The first kappa shape index (κ1) is 16.9. The molecule has 128 valence electrons. The fourth-order valence-corrected chi connectivity index (χ4v) is 2.46. The number of fused-ring (bicyclic) bond motifs is 1. The van der Waals surface area contributed by atoms with Crippen molar-refractivity contribution in [3.05, 3.63) is 59.3 Å². The first-order valence-electron chi connectivity index (χ1n) is 8.26. The zero-order valence-corrected chi connectivity index (χ0v) is 14.8. The van der Waals surface area contributed by atoms with Gasteiger partial charge in [0.1, 0.15) is 0 Å². The minimum atomic E-state index is -0.338. The normalized spacial score (nSPS) is 10.9. The van der Waals surface area contributed by atoms with Crippen LogP contribution in [0.1, 0.15) is 35.5 Å². The van der Waals surface area contributed by atoms with Crippen LogP contribution in [0.4, 0.5) is 5.69 Å². The van der Waals surface area contributed by atoms with Crippen molar-refractivity contribution in [1.82, 2.24) is 9.97 Å². The van der Waals surface area contributed by atoms with Crippen molar-refractivity contribution >= 4 is 22.6 Å². The van der Waals surface area contributed by atoms with Gasteiger partial charge in [-0.05, 0) is 63.1 Å². The van der Waals surface area contributed by atoms with Gasteiger partial charge in [0.05, 0.1) is 17.1 Å². The summed E-state index contributed by atoms with van der Waals surface area (Å²) in [7, 11) is 0. The maximum Gasteiger partial charge on any atom is 0.279 e. The van der Waals surface area contributed by atoms with E-state index in [-0.39, 0.29) is 23.6 Å². The lowest BCUT2D eigenvalue weighted by Gasteiger charge is -2.14. The van der Waals surface area contributed by atoms with E-state index >= 15 is 0 Å². The topological polar surface area (TPSA) is 64.1 Å². The van der Waals surface area contributed by atoms with E-state index in [9.17, 15) is 4.79 Å². The summed E-state index contributed by atoms with van der Waals surface area (Å²) in [5.41, 5.74) is 4.51. The summed E-state index contributed by atoms with van der Waals surface area (Å²) in [6.07, 6.45) is -0.110. The number of nitrogens with zero attached hydrogens (tertiary/aromatic N) is 2. The molecule has 1 aromatic heterocycles. The zero-order chi connectivity index (χ0) is 18.0. The van der Waals surface area contributed by atoms with E-state index in [1.165, 1.54) is 0 Å². The molecule has 3 aromatic rings. The number of anilines is 1. The average molecular weight is 335 g/mol. The number of nitrogens with one attached hydrogen (secondary N) is 1.